The first-order valence-corrected chi connectivity index (χ1v) is 6.67. The van der Waals surface area contributed by atoms with Gasteiger partial charge in [-0.15, -0.1) is 0 Å². The molecule has 0 fully saturated rings. The molecule has 0 aliphatic heterocycles. The van der Waals surface area contributed by atoms with E-state index in [-0.39, 0.29) is 5.91 Å². The third-order valence-electron chi connectivity index (χ3n) is 2.76. The number of nitrogens with zero attached hydrogens (tertiary/aromatic N) is 2. The fourth-order valence-corrected chi connectivity index (χ4v) is 1.70. The molecule has 1 amide bonds. The number of anilines is 1. The van der Waals surface area contributed by atoms with Crippen LogP contribution in [0.5, 0.6) is 0 Å². The van der Waals surface area contributed by atoms with E-state index in [1.807, 2.05) is 12.1 Å². The van der Waals surface area contributed by atoms with Crippen molar-refractivity contribution in [2.24, 2.45) is 0 Å². The Morgan fingerprint density at radius 2 is 2.05 bits per heavy atom. The number of rotatable bonds is 7. The molecule has 2 rings (SSSR count). The van der Waals surface area contributed by atoms with Crippen molar-refractivity contribution in [2.45, 2.75) is 19.8 Å². The SMILES string of the molecule is CCCNc1ccc(C(=O)NCCc2ncno2)cc1. The standard InChI is InChI=1S/C14H18N4O2/c1-2-8-15-12-5-3-11(4-6-12)14(19)16-9-7-13-17-10-18-20-13/h3-6,10,15H,2,7-9H2,1H3,(H,16,19). The molecule has 106 valence electrons. The summed E-state index contributed by atoms with van der Waals surface area (Å²) in [6, 6.07) is 7.42. The molecule has 0 saturated carbocycles. The van der Waals surface area contributed by atoms with Crippen LogP contribution in [0.25, 0.3) is 0 Å². The third-order valence-corrected chi connectivity index (χ3v) is 2.76. The zero-order chi connectivity index (χ0) is 14.2. The Bertz CT molecular complexity index is 523. The maximum Gasteiger partial charge on any atom is 0.251 e. The van der Waals surface area contributed by atoms with Gasteiger partial charge in [0.05, 0.1) is 0 Å². The highest BCUT2D eigenvalue weighted by Gasteiger charge is 2.06. The number of carbonyl (C=O) groups excluding carboxylic acids is 1. The van der Waals surface area contributed by atoms with Gasteiger partial charge in [0, 0.05) is 30.8 Å². The number of benzene rings is 1. The van der Waals surface area contributed by atoms with Crippen LogP contribution in [-0.2, 0) is 6.42 Å². The smallest absolute Gasteiger partial charge is 0.251 e. The second kappa shape index (κ2) is 7.28. The van der Waals surface area contributed by atoms with Gasteiger partial charge in [-0.1, -0.05) is 12.1 Å². The van der Waals surface area contributed by atoms with E-state index in [0.29, 0.717) is 24.4 Å². The summed E-state index contributed by atoms with van der Waals surface area (Å²) in [7, 11) is 0. The van der Waals surface area contributed by atoms with Crippen LogP contribution in [-0.4, -0.2) is 29.1 Å². The van der Waals surface area contributed by atoms with Crippen molar-refractivity contribution in [1.29, 1.82) is 0 Å². The summed E-state index contributed by atoms with van der Waals surface area (Å²) in [5.41, 5.74) is 1.66. The first kappa shape index (κ1) is 14.0. The Kier molecular flexibility index (Phi) is 5.11. The Morgan fingerprint density at radius 1 is 1.25 bits per heavy atom. The quantitative estimate of drug-likeness (QED) is 0.805. The topological polar surface area (TPSA) is 80.0 Å². The molecule has 1 aromatic heterocycles. The molecule has 1 aromatic carbocycles. The second-order valence-corrected chi connectivity index (χ2v) is 4.35. The van der Waals surface area contributed by atoms with Crippen molar-refractivity contribution in [3.05, 3.63) is 42.0 Å². The lowest BCUT2D eigenvalue weighted by Crippen LogP contribution is -2.25. The largest absolute Gasteiger partial charge is 0.385 e. The number of hydrogen-bond acceptors (Lipinski definition) is 5. The van der Waals surface area contributed by atoms with Crippen LogP contribution in [0.15, 0.2) is 35.1 Å². The van der Waals surface area contributed by atoms with Crippen LogP contribution in [0.1, 0.15) is 29.6 Å². The van der Waals surface area contributed by atoms with E-state index in [1.54, 1.807) is 12.1 Å². The summed E-state index contributed by atoms with van der Waals surface area (Å²) in [5.74, 6) is 0.413. The maximum absolute atomic E-state index is 11.9. The molecule has 0 bridgehead atoms. The summed E-state index contributed by atoms with van der Waals surface area (Å²) < 4.78 is 4.85. The first-order chi connectivity index (χ1) is 9.79. The van der Waals surface area contributed by atoms with Crippen molar-refractivity contribution in [1.82, 2.24) is 15.5 Å². The molecule has 2 aromatic rings. The van der Waals surface area contributed by atoms with E-state index in [4.69, 9.17) is 4.52 Å². The van der Waals surface area contributed by atoms with Gasteiger partial charge in [-0.3, -0.25) is 4.79 Å². The Morgan fingerprint density at radius 3 is 2.70 bits per heavy atom. The average molecular weight is 274 g/mol. The minimum atomic E-state index is -0.105. The fourth-order valence-electron chi connectivity index (χ4n) is 1.70. The van der Waals surface area contributed by atoms with Gasteiger partial charge in [-0.25, -0.2) is 0 Å². The molecule has 1 heterocycles. The van der Waals surface area contributed by atoms with Crippen LogP contribution in [0.4, 0.5) is 5.69 Å². The Balaban J connectivity index is 1.79. The van der Waals surface area contributed by atoms with Gasteiger partial charge in [0.1, 0.15) is 0 Å². The molecule has 0 unspecified atom stereocenters. The van der Waals surface area contributed by atoms with Crippen molar-refractivity contribution in [2.75, 3.05) is 18.4 Å². The number of nitrogens with one attached hydrogen (secondary N) is 2. The second-order valence-electron chi connectivity index (χ2n) is 4.35. The number of amides is 1. The average Bonchev–Trinajstić information content (AvgIpc) is 2.99. The van der Waals surface area contributed by atoms with Crippen LogP contribution in [0.3, 0.4) is 0 Å². The molecular formula is C14H18N4O2. The summed E-state index contributed by atoms with van der Waals surface area (Å²) in [6.45, 7) is 3.50. The highest BCUT2D eigenvalue weighted by Crippen LogP contribution is 2.09. The van der Waals surface area contributed by atoms with Gasteiger partial charge in [-0.2, -0.15) is 4.98 Å². The predicted molar refractivity (Wildman–Crippen MR) is 75.6 cm³/mol. The van der Waals surface area contributed by atoms with Gasteiger partial charge in [-0.05, 0) is 30.7 Å². The fraction of sp³-hybridized carbons (Fsp3) is 0.357. The van der Waals surface area contributed by atoms with Crippen LogP contribution < -0.4 is 10.6 Å². The molecule has 0 atom stereocenters. The lowest BCUT2D eigenvalue weighted by molar-refractivity contribution is 0.0953. The number of carbonyl (C=O) groups is 1. The van der Waals surface area contributed by atoms with Crippen LogP contribution >= 0.6 is 0 Å². The van der Waals surface area contributed by atoms with Crippen molar-refractivity contribution < 1.29 is 9.32 Å². The maximum atomic E-state index is 11.9. The summed E-state index contributed by atoms with van der Waals surface area (Å²) in [5, 5.41) is 9.58. The van der Waals surface area contributed by atoms with E-state index < -0.39 is 0 Å². The minimum absolute atomic E-state index is 0.105. The molecule has 0 spiro atoms. The molecule has 6 heteroatoms. The van der Waals surface area contributed by atoms with Gasteiger partial charge in [0.2, 0.25) is 5.89 Å². The minimum Gasteiger partial charge on any atom is -0.385 e. The summed E-state index contributed by atoms with van der Waals surface area (Å²) in [6.07, 6.45) is 2.94. The van der Waals surface area contributed by atoms with Crippen molar-refractivity contribution >= 4 is 11.6 Å². The monoisotopic (exact) mass is 274 g/mol. The molecule has 0 saturated heterocycles. The van der Waals surface area contributed by atoms with Gasteiger partial charge >= 0.3 is 0 Å². The number of aromatic nitrogens is 2. The lowest BCUT2D eigenvalue weighted by atomic mass is 10.2. The molecule has 0 radical (unpaired) electrons. The normalized spacial score (nSPS) is 10.2. The summed E-state index contributed by atoms with van der Waals surface area (Å²) in [4.78, 5) is 15.8. The zero-order valence-electron chi connectivity index (χ0n) is 11.4. The molecule has 0 aliphatic rings. The molecule has 0 aliphatic carbocycles. The highest BCUT2D eigenvalue weighted by atomic mass is 16.5. The molecular weight excluding hydrogens is 256 g/mol. The van der Waals surface area contributed by atoms with Crippen LogP contribution in [0.2, 0.25) is 0 Å². The molecule has 2 N–H and O–H groups in total. The van der Waals surface area contributed by atoms with E-state index in [1.165, 1.54) is 6.33 Å². The van der Waals surface area contributed by atoms with E-state index in [2.05, 4.69) is 27.7 Å². The van der Waals surface area contributed by atoms with E-state index >= 15 is 0 Å². The van der Waals surface area contributed by atoms with Gasteiger partial charge in [0.15, 0.2) is 6.33 Å². The highest BCUT2D eigenvalue weighted by molar-refractivity contribution is 5.94. The first-order valence-electron chi connectivity index (χ1n) is 6.67. The molecule has 20 heavy (non-hydrogen) atoms. The van der Waals surface area contributed by atoms with E-state index in [9.17, 15) is 4.79 Å². The van der Waals surface area contributed by atoms with Gasteiger partial charge in [0.25, 0.3) is 5.91 Å². The Labute approximate surface area is 117 Å². The van der Waals surface area contributed by atoms with Crippen molar-refractivity contribution in [3.8, 4) is 0 Å². The Hall–Kier alpha value is -2.37. The lowest BCUT2D eigenvalue weighted by Gasteiger charge is -2.06. The van der Waals surface area contributed by atoms with E-state index in [0.717, 1.165) is 18.7 Å². The van der Waals surface area contributed by atoms with Gasteiger partial charge < -0.3 is 15.2 Å². The predicted octanol–water partition coefficient (Wildman–Crippen LogP) is 1.86. The summed E-state index contributed by atoms with van der Waals surface area (Å²) >= 11 is 0. The molecule has 6 nitrogen and oxygen atoms in total. The third kappa shape index (κ3) is 4.08. The number of hydrogen-bond donors (Lipinski definition) is 2. The van der Waals surface area contributed by atoms with Crippen molar-refractivity contribution in [3.63, 3.8) is 0 Å². The zero-order valence-corrected chi connectivity index (χ0v) is 11.4. The van der Waals surface area contributed by atoms with Crippen LogP contribution in [0, 0.1) is 0 Å².